The summed E-state index contributed by atoms with van der Waals surface area (Å²) < 4.78 is 8.12. The fourth-order valence-electron chi connectivity index (χ4n) is 2.91. The Morgan fingerprint density at radius 3 is 3.00 bits per heavy atom. The molecule has 1 saturated heterocycles. The Bertz CT molecular complexity index is 599. The Balaban J connectivity index is 1.47. The summed E-state index contributed by atoms with van der Waals surface area (Å²) >= 11 is 0. The van der Waals surface area contributed by atoms with Gasteiger partial charge in [0.2, 0.25) is 0 Å². The lowest BCUT2D eigenvalue weighted by atomic mass is 10.3. The second-order valence-electron chi connectivity index (χ2n) is 6.32. The van der Waals surface area contributed by atoms with Crippen LogP contribution >= 0.6 is 0 Å². The molecule has 0 aliphatic carbocycles. The third kappa shape index (κ3) is 4.77. The molecular weight excluding hydrogens is 290 g/mol. The van der Waals surface area contributed by atoms with Gasteiger partial charge in [0.1, 0.15) is 11.9 Å². The minimum atomic E-state index is 0.266. The van der Waals surface area contributed by atoms with Crippen molar-refractivity contribution in [2.24, 2.45) is 0 Å². The molecule has 2 aromatic rings. The van der Waals surface area contributed by atoms with Crippen molar-refractivity contribution >= 4 is 0 Å². The molecule has 6 nitrogen and oxygen atoms in total. The van der Waals surface area contributed by atoms with Gasteiger partial charge in [0.15, 0.2) is 0 Å². The van der Waals surface area contributed by atoms with Gasteiger partial charge in [0, 0.05) is 50.8 Å². The maximum Gasteiger partial charge on any atom is 0.123 e. The van der Waals surface area contributed by atoms with Gasteiger partial charge < -0.3 is 9.64 Å². The average molecular weight is 315 g/mol. The highest BCUT2D eigenvalue weighted by atomic mass is 16.5. The van der Waals surface area contributed by atoms with Crippen LogP contribution in [0.2, 0.25) is 0 Å². The summed E-state index contributed by atoms with van der Waals surface area (Å²) in [7, 11) is 4.09. The Morgan fingerprint density at radius 2 is 2.22 bits per heavy atom. The number of pyridine rings is 1. The summed E-state index contributed by atoms with van der Waals surface area (Å²) in [6, 6.07) is 5.96. The van der Waals surface area contributed by atoms with Crippen LogP contribution in [0.25, 0.3) is 0 Å². The van der Waals surface area contributed by atoms with Crippen LogP contribution in [0.5, 0.6) is 5.75 Å². The number of hydrogen-bond donors (Lipinski definition) is 0. The highest BCUT2D eigenvalue weighted by molar-refractivity contribution is 5.23. The molecule has 0 radical (unpaired) electrons. The van der Waals surface area contributed by atoms with E-state index < -0.39 is 0 Å². The molecule has 0 spiro atoms. The van der Waals surface area contributed by atoms with E-state index in [2.05, 4.69) is 19.9 Å². The van der Waals surface area contributed by atoms with Crippen molar-refractivity contribution in [3.05, 3.63) is 42.5 Å². The van der Waals surface area contributed by atoms with Crippen molar-refractivity contribution in [2.75, 3.05) is 33.7 Å². The molecule has 3 heterocycles. The monoisotopic (exact) mass is 315 g/mol. The zero-order valence-electron chi connectivity index (χ0n) is 13.9. The van der Waals surface area contributed by atoms with Crippen molar-refractivity contribution in [1.82, 2.24) is 24.6 Å². The highest BCUT2D eigenvalue weighted by Gasteiger charge is 2.23. The topological polar surface area (TPSA) is 46.4 Å². The van der Waals surface area contributed by atoms with Gasteiger partial charge in [-0.1, -0.05) is 0 Å². The first kappa shape index (κ1) is 16.0. The SMILES string of the molecule is CN(C)Cc1cc(OC2CCN(CCn3cccn3)C2)ccn1. The van der Waals surface area contributed by atoms with E-state index in [1.54, 1.807) is 0 Å². The third-order valence-electron chi connectivity index (χ3n) is 4.00. The van der Waals surface area contributed by atoms with Crippen LogP contribution < -0.4 is 4.74 Å². The lowest BCUT2D eigenvalue weighted by Crippen LogP contribution is -2.28. The summed E-state index contributed by atoms with van der Waals surface area (Å²) in [6.45, 7) is 4.85. The fourth-order valence-corrected chi connectivity index (χ4v) is 2.91. The number of rotatable bonds is 7. The lowest BCUT2D eigenvalue weighted by molar-refractivity contribution is 0.197. The molecule has 2 aromatic heterocycles. The van der Waals surface area contributed by atoms with Crippen LogP contribution in [-0.4, -0.2) is 64.4 Å². The van der Waals surface area contributed by atoms with E-state index in [0.29, 0.717) is 0 Å². The molecular formula is C17H25N5O. The molecule has 0 aromatic carbocycles. The van der Waals surface area contributed by atoms with E-state index in [-0.39, 0.29) is 6.10 Å². The quantitative estimate of drug-likeness (QED) is 0.775. The van der Waals surface area contributed by atoms with Crippen molar-refractivity contribution in [1.29, 1.82) is 0 Å². The molecule has 6 heteroatoms. The maximum atomic E-state index is 6.14. The van der Waals surface area contributed by atoms with Crippen LogP contribution in [0.3, 0.4) is 0 Å². The molecule has 1 unspecified atom stereocenters. The predicted octanol–water partition coefficient (Wildman–Crippen LogP) is 1.49. The Hall–Kier alpha value is -1.92. The van der Waals surface area contributed by atoms with Gasteiger partial charge in [-0.2, -0.15) is 5.10 Å². The van der Waals surface area contributed by atoms with Crippen molar-refractivity contribution in [3.8, 4) is 5.75 Å². The van der Waals surface area contributed by atoms with Gasteiger partial charge in [0.25, 0.3) is 0 Å². The average Bonchev–Trinajstić information content (AvgIpc) is 3.16. The molecule has 124 valence electrons. The molecule has 1 atom stereocenters. The Labute approximate surface area is 137 Å². The van der Waals surface area contributed by atoms with Crippen LogP contribution in [-0.2, 0) is 13.1 Å². The summed E-state index contributed by atoms with van der Waals surface area (Å²) in [4.78, 5) is 8.93. The summed E-state index contributed by atoms with van der Waals surface area (Å²) in [5.41, 5.74) is 1.04. The number of likely N-dealkylation sites (tertiary alicyclic amines) is 1. The molecule has 3 rings (SSSR count). The minimum Gasteiger partial charge on any atom is -0.489 e. The number of ether oxygens (including phenoxy) is 1. The molecule has 23 heavy (non-hydrogen) atoms. The summed E-state index contributed by atoms with van der Waals surface area (Å²) in [6.07, 6.45) is 7.00. The van der Waals surface area contributed by atoms with E-state index in [9.17, 15) is 0 Å². The van der Waals surface area contributed by atoms with E-state index in [1.807, 2.05) is 55.6 Å². The molecule has 0 N–H and O–H groups in total. The summed E-state index contributed by atoms with van der Waals surface area (Å²) in [5.74, 6) is 0.927. The molecule has 0 bridgehead atoms. The molecule has 0 saturated carbocycles. The first-order chi connectivity index (χ1) is 11.2. The van der Waals surface area contributed by atoms with Crippen molar-refractivity contribution in [2.45, 2.75) is 25.6 Å². The van der Waals surface area contributed by atoms with Crippen LogP contribution in [0, 0.1) is 0 Å². The van der Waals surface area contributed by atoms with E-state index in [1.165, 1.54) is 0 Å². The predicted molar refractivity (Wildman–Crippen MR) is 89.3 cm³/mol. The van der Waals surface area contributed by atoms with E-state index >= 15 is 0 Å². The molecule has 1 fully saturated rings. The normalized spacial score (nSPS) is 18.7. The molecule has 1 aliphatic rings. The third-order valence-corrected chi connectivity index (χ3v) is 4.00. The van der Waals surface area contributed by atoms with Gasteiger partial charge in [-0.05, 0) is 32.6 Å². The number of hydrogen-bond acceptors (Lipinski definition) is 5. The van der Waals surface area contributed by atoms with Crippen LogP contribution in [0.15, 0.2) is 36.8 Å². The highest BCUT2D eigenvalue weighted by Crippen LogP contribution is 2.19. The fraction of sp³-hybridized carbons (Fsp3) is 0.529. The second kappa shape index (κ2) is 7.57. The van der Waals surface area contributed by atoms with Crippen LogP contribution in [0.1, 0.15) is 12.1 Å². The summed E-state index contributed by atoms with van der Waals surface area (Å²) in [5, 5.41) is 4.25. The standard InChI is InChI=1S/C17H25N5O/c1-20(2)13-15-12-16(4-7-18-15)23-17-5-9-21(14-17)10-11-22-8-3-6-19-22/h3-4,6-8,12,17H,5,9-11,13-14H2,1-2H3. The Morgan fingerprint density at radius 1 is 1.30 bits per heavy atom. The zero-order valence-corrected chi connectivity index (χ0v) is 13.9. The largest absolute Gasteiger partial charge is 0.489 e. The van der Waals surface area contributed by atoms with Crippen LogP contribution in [0.4, 0.5) is 0 Å². The van der Waals surface area contributed by atoms with Gasteiger partial charge >= 0.3 is 0 Å². The maximum absolute atomic E-state index is 6.14. The second-order valence-corrected chi connectivity index (χ2v) is 6.32. The first-order valence-electron chi connectivity index (χ1n) is 8.15. The minimum absolute atomic E-state index is 0.266. The number of aromatic nitrogens is 3. The first-order valence-corrected chi connectivity index (χ1v) is 8.15. The van der Waals surface area contributed by atoms with E-state index in [0.717, 1.165) is 50.6 Å². The lowest BCUT2D eigenvalue weighted by Gasteiger charge is -2.17. The van der Waals surface area contributed by atoms with Gasteiger partial charge in [-0.25, -0.2) is 0 Å². The van der Waals surface area contributed by atoms with Gasteiger partial charge in [-0.15, -0.1) is 0 Å². The smallest absolute Gasteiger partial charge is 0.123 e. The van der Waals surface area contributed by atoms with Crippen molar-refractivity contribution in [3.63, 3.8) is 0 Å². The van der Waals surface area contributed by atoms with Gasteiger partial charge in [0.05, 0.1) is 12.2 Å². The number of nitrogens with zero attached hydrogens (tertiary/aromatic N) is 5. The van der Waals surface area contributed by atoms with E-state index in [4.69, 9.17) is 4.74 Å². The van der Waals surface area contributed by atoms with Gasteiger partial charge in [-0.3, -0.25) is 14.6 Å². The molecule has 1 aliphatic heterocycles. The zero-order chi connectivity index (χ0) is 16.1. The van der Waals surface area contributed by atoms with Crippen molar-refractivity contribution < 1.29 is 4.74 Å². The Kier molecular flexibility index (Phi) is 5.25. The molecule has 0 amide bonds.